The molecular formula is C7H8BF3NO-. The van der Waals surface area contributed by atoms with Gasteiger partial charge in [-0.15, -0.1) is 0 Å². The van der Waals surface area contributed by atoms with Crippen LogP contribution >= 0.6 is 0 Å². The van der Waals surface area contributed by atoms with E-state index in [-0.39, 0.29) is 11.3 Å². The summed E-state index contributed by atoms with van der Waals surface area (Å²) in [5.41, 5.74) is 0.130. The average molecular weight is 190 g/mol. The van der Waals surface area contributed by atoms with Crippen LogP contribution in [0.4, 0.5) is 12.9 Å². The summed E-state index contributed by atoms with van der Waals surface area (Å²) in [6.45, 7) is -4.82. The van der Waals surface area contributed by atoms with Gasteiger partial charge in [0.2, 0.25) is 0 Å². The number of hydrogen-bond acceptors (Lipinski definition) is 2. The second kappa shape index (κ2) is 3.68. The van der Waals surface area contributed by atoms with Gasteiger partial charge in [0.15, 0.2) is 0 Å². The van der Waals surface area contributed by atoms with Crippen LogP contribution in [0.15, 0.2) is 18.5 Å². The molecule has 13 heavy (non-hydrogen) atoms. The van der Waals surface area contributed by atoms with Gasteiger partial charge < -0.3 is 17.7 Å². The van der Waals surface area contributed by atoms with Gasteiger partial charge >= 0.3 is 6.98 Å². The summed E-state index contributed by atoms with van der Waals surface area (Å²) in [6, 6.07) is 1.31. The monoisotopic (exact) mass is 190 g/mol. The zero-order valence-corrected chi connectivity index (χ0v) is 7.01. The molecule has 0 radical (unpaired) electrons. The molecule has 0 saturated carbocycles. The van der Waals surface area contributed by atoms with Gasteiger partial charge in [0.25, 0.3) is 0 Å². The molecule has 6 heteroatoms. The lowest BCUT2D eigenvalue weighted by Gasteiger charge is -2.15. The van der Waals surface area contributed by atoms with Crippen molar-refractivity contribution in [3.05, 3.63) is 24.0 Å². The maximum Gasteiger partial charge on any atom is 0.482 e. The molecule has 0 bridgehead atoms. The molecule has 0 aliphatic rings. The molecule has 0 spiro atoms. The van der Waals surface area contributed by atoms with Crippen molar-refractivity contribution in [2.24, 2.45) is 0 Å². The maximum absolute atomic E-state index is 12.0. The fourth-order valence-corrected chi connectivity index (χ4v) is 1.01. The first-order valence-electron chi connectivity index (χ1n) is 3.71. The summed E-state index contributed by atoms with van der Waals surface area (Å²) in [4.78, 5) is 3.66. The van der Waals surface area contributed by atoms with Crippen molar-refractivity contribution in [3.63, 3.8) is 0 Å². The lowest BCUT2D eigenvalue weighted by molar-refractivity contribution is 0.405. The SMILES string of the molecule is COc1cnccc1C[B-](F)(F)F. The van der Waals surface area contributed by atoms with Crippen LogP contribution in [0.3, 0.4) is 0 Å². The third-order valence-corrected chi connectivity index (χ3v) is 1.54. The molecular weight excluding hydrogens is 182 g/mol. The highest BCUT2D eigenvalue weighted by atomic mass is 19.4. The van der Waals surface area contributed by atoms with Gasteiger partial charge in [0.05, 0.1) is 13.3 Å². The molecule has 0 unspecified atom stereocenters. The fraction of sp³-hybridized carbons (Fsp3) is 0.286. The van der Waals surface area contributed by atoms with Crippen molar-refractivity contribution in [2.75, 3.05) is 7.11 Å². The molecule has 0 amide bonds. The molecule has 0 aliphatic heterocycles. The van der Waals surface area contributed by atoms with Crippen LogP contribution in [0.1, 0.15) is 5.56 Å². The van der Waals surface area contributed by atoms with E-state index in [0.29, 0.717) is 0 Å². The first kappa shape index (κ1) is 9.89. The zero-order chi connectivity index (χ0) is 9.90. The van der Waals surface area contributed by atoms with E-state index >= 15 is 0 Å². The van der Waals surface area contributed by atoms with Gasteiger partial charge in [0.1, 0.15) is 5.75 Å². The number of aromatic nitrogens is 1. The number of hydrogen-bond donors (Lipinski definition) is 0. The van der Waals surface area contributed by atoms with Crippen LogP contribution in [-0.4, -0.2) is 19.1 Å². The van der Waals surface area contributed by atoms with Gasteiger partial charge in [-0.05, 0) is 11.6 Å². The first-order valence-corrected chi connectivity index (χ1v) is 3.71. The third-order valence-electron chi connectivity index (χ3n) is 1.54. The van der Waals surface area contributed by atoms with Gasteiger partial charge in [-0.25, -0.2) is 0 Å². The highest BCUT2D eigenvalue weighted by Crippen LogP contribution is 2.22. The number of pyridine rings is 1. The summed E-state index contributed by atoms with van der Waals surface area (Å²) in [5.74, 6) is 0.182. The fourth-order valence-electron chi connectivity index (χ4n) is 1.01. The van der Waals surface area contributed by atoms with Crippen molar-refractivity contribution in [1.29, 1.82) is 0 Å². The summed E-state index contributed by atoms with van der Waals surface area (Å²) in [5, 5.41) is 0. The molecule has 0 aromatic carbocycles. The third kappa shape index (κ3) is 2.97. The molecule has 1 rings (SSSR count). The summed E-state index contributed by atoms with van der Waals surface area (Å²) in [6.07, 6.45) is 1.67. The largest absolute Gasteiger partial charge is 0.495 e. The van der Waals surface area contributed by atoms with Crippen LogP contribution in [0.2, 0.25) is 0 Å². The highest BCUT2D eigenvalue weighted by molar-refractivity contribution is 6.57. The Morgan fingerprint density at radius 2 is 2.15 bits per heavy atom. The Labute approximate surface area is 73.8 Å². The number of rotatable bonds is 3. The molecule has 72 valence electrons. The Hall–Kier alpha value is -1.20. The summed E-state index contributed by atoms with van der Waals surface area (Å²) >= 11 is 0. The second-order valence-corrected chi connectivity index (χ2v) is 2.60. The van der Waals surface area contributed by atoms with Gasteiger partial charge in [-0.1, -0.05) is 6.32 Å². The van der Waals surface area contributed by atoms with Crippen molar-refractivity contribution in [2.45, 2.75) is 6.32 Å². The highest BCUT2D eigenvalue weighted by Gasteiger charge is 2.24. The van der Waals surface area contributed by atoms with E-state index in [4.69, 9.17) is 4.74 Å². The minimum atomic E-state index is -4.82. The van der Waals surface area contributed by atoms with Crippen LogP contribution in [0.5, 0.6) is 5.75 Å². The number of methoxy groups -OCH3 is 1. The molecule has 1 aromatic rings. The smallest absolute Gasteiger partial charge is 0.482 e. The van der Waals surface area contributed by atoms with Crippen LogP contribution in [0.25, 0.3) is 0 Å². The lowest BCUT2D eigenvalue weighted by atomic mass is 9.82. The zero-order valence-electron chi connectivity index (χ0n) is 7.01. The Bertz CT molecular complexity index is 289. The van der Waals surface area contributed by atoms with Crippen molar-refractivity contribution >= 4 is 6.98 Å². The molecule has 0 aliphatic carbocycles. The molecule has 2 nitrogen and oxygen atoms in total. The van der Waals surface area contributed by atoms with Crippen molar-refractivity contribution in [3.8, 4) is 5.75 Å². The molecule has 0 saturated heterocycles. The number of ether oxygens (including phenoxy) is 1. The maximum atomic E-state index is 12.0. The van der Waals surface area contributed by atoms with Crippen LogP contribution in [-0.2, 0) is 6.32 Å². The Morgan fingerprint density at radius 3 is 2.69 bits per heavy atom. The molecule has 0 fully saturated rings. The lowest BCUT2D eigenvalue weighted by Crippen LogP contribution is -2.19. The minimum Gasteiger partial charge on any atom is -0.495 e. The standard InChI is InChI=1S/C7H8BF3NO/c1-13-7-5-12-3-2-6(7)4-8(9,10)11/h2-3,5H,4H2,1H3/q-1. The van der Waals surface area contributed by atoms with E-state index in [1.165, 1.54) is 25.6 Å². The second-order valence-electron chi connectivity index (χ2n) is 2.60. The molecule has 1 aromatic heterocycles. The Morgan fingerprint density at radius 1 is 1.46 bits per heavy atom. The average Bonchev–Trinajstić information content (AvgIpc) is 2.02. The Balaban J connectivity index is 2.87. The number of halogens is 3. The molecule has 1 heterocycles. The molecule has 0 N–H and O–H groups in total. The molecule has 0 atom stereocenters. The normalized spacial score (nSPS) is 11.4. The first-order chi connectivity index (χ1) is 6.03. The van der Waals surface area contributed by atoms with E-state index in [1.54, 1.807) is 0 Å². The van der Waals surface area contributed by atoms with Gasteiger partial charge in [-0.2, -0.15) is 0 Å². The van der Waals surface area contributed by atoms with E-state index in [1.807, 2.05) is 0 Å². The van der Waals surface area contributed by atoms with Gasteiger partial charge in [-0.3, -0.25) is 4.98 Å². The van der Waals surface area contributed by atoms with Crippen LogP contribution in [0, 0.1) is 0 Å². The van der Waals surface area contributed by atoms with Crippen LogP contribution < -0.4 is 4.74 Å². The van der Waals surface area contributed by atoms with E-state index in [9.17, 15) is 12.9 Å². The quantitative estimate of drug-likeness (QED) is 0.680. The minimum absolute atomic E-state index is 0.130. The Kier molecular flexibility index (Phi) is 2.80. The number of nitrogens with zero attached hydrogens (tertiary/aromatic N) is 1. The summed E-state index contributed by atoms with van der Waals surface area (Å²) in [7, 11) is 1.32. The summed E-state index contributed by atoms with van der Waals surface area (Å²) < 4.78 is 40.9. The van der Waals surface area contributed by atoms with Crippen molar-refractivity contribution < 1.29 is 17.7 Å². The van der Waals surface area contributed by atoms with E-state index < -0.39 is 13.3 Å². The predicted octanol–water partition coefficient (Wildman–Crippen LogP) is 2.02. The van der Waals surface area contributed by atoms with Gasteiger partial charge in [0, 0.05) is 6.20 Å². The van der Waals surface area contributed by atoms with E-state index in [2.05, 4.69) is 4.98 Å². The topological polar surface area (TPSA) is 22.1 Å². The predicted molar refractivity (Wildman–Crippen MR) is 43.6 cm³/mol. The van der Waals surface area contributed by atoms with E-state index in [0.717, 1.165) is 0 Å². The van der Waals surface area contributed by atoms with Crippen molar-refractivity contribution in [1.82, 2.24) is 4.98 Å².